The lowest BCUT2D eigenvalue weighted by Crippen LogP contribution is -2.02. The SMILES string of the molecule is COCOc1ccc(Br)c(OC)c1OC. The number of hydrogen-bond acceptors (Lipinski definition) is 4. The lowest BCUT2D eigenvalue weighted by atomic mass is 10.3. The van der Waals surface area contributed by atoms with Crippen molar-refractivity contribution >= 4 is 15.9 Å². The summed E-state index contributed by atoms with van der Waals surface area (Å²) in [5.41, 5.74) is 0. The van der Waals surface area contributed by atoms with E-state index in [1.807, 2.05) is 6.07 Å². The van der Waals surface area contributed by atoms with Crippen molar-refractivity contribution in [2.75, 3.05) is 28.1 Å². The zero-order valence-electron chi connectivity index (χ0n) is 8.87. The number of rotatable bonds is 5. The van der Waals surface area contributed by atoms with E-state index in [1.54, 1.807) is 27.4 Å². The van der Waals surface area contributed by atoms with Gasteiger partial charge in [0.05, 0.1) is 18.7 Å². The van der Waals surface area contributed by atoms with Gasteiger partial charge in [-0.05, 0) is 28.1 Å². The van der Waals surface area contributed by atoms with Gasteiger partial charge in [-0.15, -0.1) is 0 Å². The summed E-state index contributed by atoms with van der Waals surface area (Å²) in [7, 11) is 4.69. The van der Waals surface area contributed by atoms with E-state index < -0.39 is 0 Å². The first-order chi connectivity index (χ1) is 7.24. The quantitative estimate of drug-likeness (QED) is 0.775. The lowest BCUT2D eigenvalue weighted by Gasteiger charge is -2.14. The molecule has 1 aromatic carbocycles. The zero-order chi connectivity index (χ0) is 11.3. The molecule has 0 N–H and O–H groups in total. The second kappa shape index (κ2) is 5.82. The summed E-state index contributed by atoms with van der Waals surface area (Å²) in [6.07, 6.45) is 0. The number of methoxy groups -OCH3 is 3. The molecule has 0 saturated carbocycles. The van der Waals surface area contributed by atoms with Crippen LogP contribution in [0.2, 0.25) is 0 Å². The monoisotopic (exact) mass is 276 g/mol. The molecule has 0 aliphatic rings. The third-order valence-electron chi connectivity index (χ3n) is 1.77. The fourth-order valence-electron chi connectivity index (χ4n) is 1.14. The van der Waals surface area contributed by atoms with Crippen LogP contribution in [0, 0.1) is 0 Å². The summed E-state index contributed by atoms with van der Waals surface area (Å²) in [5.74, 6) is 1.73. The molecule has 0 aromatic heterocycles. The van der Waals surface area contributed by atoms with E-state index in [1.165, 1.54) is 0 Å². The number of hydrogen-bond donors (Lipinski definition) is 0. The first-order valence-electron chi connectivity index (χ1n) is 4.26. The van der Waals surface area contributed by atoms with Gasteiger partial charge in [-0.1, -0.05) is 0 Å². The fourth-order valence-corrected chi connectivity index (χ4v) is 1.61. The molecule has 4 nitrogen and oxygen atoms in total. The molecule has 0 aliphatic carbocycles. The maximum atomic E-state index is 5.33. The first kappa shape index (κ1) is 12.1. The Morgan fingerprint density at radius 1 is 1.07 bits per heavy atom. The van der Waals surface area contributed by atoms with E-state index in [-0.39, 0.29) is 6.79 Å². The van der Waals surface area contributed by atoms with Crippen LogP contribution in [0.15, 0.2) is 16.6 Å². The Morgan fingerprint density at radius 3 is 2.27 bits per heavy atom. The highest BCUT2D eigenvalue weighted by Gasteiger charge is 2.14. The molecule has 0 aliphatic heterocycles. The Balaban J connectivity index is 3.05. The molecule has 0 spiro atoms. The predicted octanol–water partition coefficient (Wildman–Crippen LogP) is 2.45. The van der Waals surface area contributed by atoms with Gasteiger partial charge in [0.25, 0.3) is 0 Å². The molecule has 0 atom stereocenters. The molecule has 0 saturated heterocycles. The van der Waals surface area contributed by atoms with E-state index in [2.05, 4.69) is 15.9 Å². The smallest absolute Gasteiger partial charge is 0.204 e. The molecule has 0 bridgehead atoms. The molecule has 0 heterocycles. The van der Waals surface area contributed by atoms with Crippen molar-refractivity contribution in [2.45, 2.75) is 0 Å². The Hall–Kier alpha value is -0.940. The van der Waals surface area contributed by atoms with Crippen LogP contribution >= 0.6 is 15.9 Å². The summed E-state index contributed by atoms with van der Waals surface area (Å²) in [4.78, 5) is 0. The third kappa shape index (κ3) is 2.76. The van der Waals surface area contributed by atoms with Gasteiger partial charge in [0.2, 0.25) is 5.75 Å². The third-order valence-corrected chi connectivity index (χ3v) is 2.39. The number of benzene rings is 1. The zero-order valence-corrected chi connectivity index (χ0v) is 10.5. The highest BCUT2D eigenvalue weighted by atomic mass is 79.9. The van der Waals surface area contributed by atoms with Gasteiger partial charge in [0.1, 0.15) is 0 Å². The molecule has 1 aromatic rings. The minimum absolute atomic E-state index is 0.168. The Labute approximate surface area is 97.2 Å². The van der Waals surface area contributed by atoms with Crippen molar-refractivity contribution < 1.29 is 18.9 Å². The van der Waals surface area contributed by atoms with E-state index in [4.69, 9.17) is 18.9 Å². The first-order valence-corrected chi connectivity index (χ1v) is 5.06. The van der Waals surface area contributed by atoms with Crippen molar-refractivity contribution in [3.05, 3.63) is 16.6 Å². The predicted molar refractivity (Wildman–Crippen MR) is 59.8 cm³/mol. The van der Waals surface area contributed by atoms with Crippen LogP contribution < -0.4 is 14.2 Å². The molecule has 5 heteroatoms. The van der Waals surface area contributed by atoms with Gasteiger partial charge in [-0.2, -0.15) is 0 Å². The fraction of sp³-hybridized carbons (Fsp3) is 0.400. The van der Waals surface area contributed by atoms with Crippen LogP contribution in [-0.2, 0) is 4.74 Å². The standard InChI is InChI=1S/C10H13BrO4/c1-12-6-15-8-5-4-7(11)9(13-2)10(8)14-3/h4-5H,6H2,1-3H3. The van der Waals surface area contributed by atoms with Crippen LogP contribution in [0.25, 0.3) is 0 Å². The lowest BCUT2D eigenvalue weighted by molar-refractivity contribution is 0.0488. The topological polar surface area (TPSA) is 36.9 Å². The van der Waals surface area contributed by atoms with E-state index in [0.717, 1.165) is 4.47 Å². The second-order valence-electron chi connectivity index (χ2n) is 2.66. The molecular weight excluding hydrogens is 264 g/mol. The summed E-state index contributed by atoms with van der Waals surface area (Å²) in [5, 5.41) is 0. The minimum atomic E-state index is 0.168. The molecule has 0 fully saturated rings. The van der Waals surface area contributed by atoms with Crippen molar-refractivity contribution in [1.29, 1.82) is 0 Å². The average molecular weight is 277 g/mol. The van der Waals surface area contributed by atoms with Gasteiger partial charge in [0, 0.05) is 7.11 Å². The summed E-state index contributed by atoms with van der Waals surface area (Å²) < 4.78 is 21.4. The largest absolute Gasteiger partial charge is 0.492 e. The Kier molecular flexibility index (Phi) is 4.71. The molecule has 15 heavy (non-hydrogen) atoms. The molecular formula is C10H13BrO4. The van der Waals surface area contributed by atoms with Crippen molar-refractivity contribution in [1.82, 2.24) is 0 Å². The highest BCUT2D eigenvalue weighted by Crippen LogP contribution is 2.42. The maximum absolute atomic E-state index is 5.33. The number of halogens is 1. The summed E-state index contributed by atoms with van der Waals surface area (Å²) >= 11 is 3.36. The van der Waals surface area contributed by atoms with Gasteiger partial charge < -0.3 is 18.9 Å². The summed E-state index contributed by atoms with van der Waals surface area (Å²) in [6, 6.07) is 3.61. The Bertz CT molecular complexity index is 327. The van der Waals surface area contributed by atoms with E-state index in [0.29, 0.717) is 17.2 Å². The van der Waals surface area contributed by atoms with Crippen molar-refractivity contribution in [2.24, 2.45) is 0 Å². The van der Waals surface area contributed by atoms with Gasteiger partial charge >= 0.3 is 0 Å². The number of ether oxygens (including phenoxy) is 4. The van der Waals surface area contributed by atoms with Crippen LogP contribution in [0.4, 0.5) is 0 Å². The molecule has 1 rings (SSSR count). The van der Waals surface area contributed by atoms with E-state index in [9.17, 15) is 0 Å². The molecule has 0 radical (unpaired) electrons. The molecule has 0 amide bonds. The summed E-state index contributed by atoms with van der Waals surface area (Å²) in [6.45, 7) is 0.168. The van der Waals surface area contributed by atoms with Crippen LogP contribution in [0.1, 0.15) is 0 Å². The molecule has 0 unspecified atom stereocenters. The van der Waals surface area contributed by atoms with Gasteiger partial charge in [-0.3, -0.25) is 0 Å². The van der Waals surface area contributed by atoms with Crippen LogP contribution in [-0.4, -0.2) is 28.1 Å². The van der Waals surface area contributed by atoms with E-state index >= 15 is 0 Å². The normalized spacial score (nSPS) is 9.87. The van der Waals surface area contributed by atoms with Crippen LogP contribution in [0.3, 0.4) is 0 Å². The Morgan fingerprint density at radius 2 is 1.73 bits per heavy atom. The average Bonchev–Trinajstić information content (AvgIpc) is 2.26. The van der Waals surface area contributed by atoms with Crippen molar-refractivity contribution in [3.63, 3.8) is 0 Å². The maximum Gasteiger partial charge on any atom is 0.204 e. The van der Waals surface area contributed by atoms with Gasteiger partial charge in [0.15, 0.2) is 18.3 Å². The molecule has 84 valence electrons. The van der Waals surface area contributed by atoms with Crippen LogP contribution in [0.5, 0.6) is 17.2 Å². The van der Waals surface area contributed by atoms with Crippen molar-refractivity contribution in [3.8, 4) is 17.2 Å². The highest BCUT2D eigenvalue weighted by molar-refractivity contribution is 9.10. The van der Waals surface area contributed by atoms with Gasteiger partial charge in [-0.25, -0.2) is 0 Å². The second-order valence-corrected chi connectivity index (χ2v) is 3.52. The minimum Gasteiger partial charge on any atom is -0.492 e.